The van der Waals surface area contributed by atoms with Gasteiger partial charge in [-0.25, -0.2) is 0 Å². The Balaban J connectivity index is 1.83. The van der Waals surface area contributed by atoms with Gasteiger partial charge in [0.2, 0.25) is 0 Å². The molecule has 0 saturated carbocycles. The second kappa shape index (κ2) is 7.77. The highest BCUT2D eigenvalue weighted by Gasteiger charge is 2.30. The maximum Gasteiger partial charge on any atom is 0.416 e. The summed E-state index contributed by atoms with van der Waals surface area (Å²) >= 11 is 11.8. The molecule has 1 N–H and O–H groups in total. The summed E-state index contributed by atoms with van der Waals surface area (Å²) in [5, 5.41) is 3.50. The highest BCUT2D eigenvalue weighted by Crippen LogP contribution is 2.30. The average molecular weight is 378 g/mol. The molecular weight excluding hydrogens is 366 g/mol. The first-order chi connectivity index (χ1) is 11.3. The first kappa shape index (κ1) is 18.4. The molecule has 0 radical (unpaired) electrons. The minimum Gasteiger partial charge on any atom is -0.484 e. The molecule has 0 bridgehead atoms. The Morgan fingerprint density at radius 2 is 1.75 bits per heavy atom. The number of nitrogens with one attached hydrogen (secondary N) is 1. The Morgan fingerprint density at radius 3 is 2.33 bits per heavy atom. The molecule has 0 spiro atoms. The molecule has 0 aliphatic carbocycles. The van der Waals surface area contributed by atoms with Crippen molar-refractivity contribution in [2.45, 2.75) is 12.7 Å². The fourth-order valence-electron chi connectivity index (χ4n) is 1.80. The standard InChI is InChI=1S/C16H12Cl2F3NO2/c17-12-4-1-10(14(18)7-12)8-22-15(23)9-24-13-5-2-11(3-6-13)16(19,20)21/h1-7H,8-9H2,(H,22,23). The Morgan fingerprint density at radius 1 is 1.08 bits per heavy atom. The summed E-state index contributed by atoms with van der Waals surface area (Å²) in [5.41, 5.74) is -0.0966. The van der Waals surface area contributed by atoms with E-state index in [2.05, 4.69) is 5.32 Å². The number of halogens is 5. The van der Waals surface area contributed by atoms with Crippen LogP contribution in [0.25, 0.3) is 0 Å². The Bertz CT molecular complexity index is 718. The van der Waals surface area contributed by atoms with E-state index < -0.39 is 17.6 Å². The lowest BCUT2D eigenvalue weighted by Crippen LogP contribution is -2.28. The number of hydrogen-bond acceptors (Lipinski definition) is 2. The fourth-order valence-corrected chi connectivity index (χ4v) is 2.27. The van der Waals surface area contributed by atoms with Crippen LogP contribution in [0, 0.1) is 0 Å². The number of carbonyl (C=O) groups is 1. The molecule has 0 aromatic heterocycles. The fraction of sp³-hybridized carbons (Fsp3) is 0.188. The van der Waals surface area contributed by atoms with E-state index in [0.717, 1.165) is 24.3 Å². The minimum absolute atomic E-state index is 0.169. The van der Waals surface area contributed by atoms with Gasteiger partial charge < -0.3 is 10.1 Å². The van der Waals surface area contributed by atoms with Crippen LogP contribution in [-0.2, 0) is 17.5 Å². The largest absolute Gasteiger partial charge is 0.484 e. The number of carbonyl (C=O) groups excluding carboxylic acids is 1. The summed E-state index contributed by atoms with van der Waals surface area (Å²) in [7, 11) is 0. The summed E-state index contributed by atoms with van der Waals surface area (Å²) in [4.78, 5) is 11.7. The Hall–Kier alpha value is -1.92. The molecular formula is C16H12Cl2F3NO2. The van der Waals surface area contributed by atoms with Crippen LogP contribution in [0.3, 0.4) is 0 Å². The molecule has 0 unspecified atom stereocenters. The second-order valence-corrected chi connectivity index (χ2v) is 5.67. The molecule has 2 aromatic rings. The second-order valence-electron chi connectivity index (χ2n) is 4.82. The van der Waals surface area contributed by atoms with Crippen molar-refractivity contribution < 1.29 is 22.7 Å². The minimum atomic E-state index is -4.41. The van der Waals surface area contributed by atoms with Crippen molar-refractivity contribution in [3.05, 3.63) is 63.6 Å². The molecule has 2 rings (SSSR count). The lowest BCUT2D eigenvalue weighted by molar-refractivity contribution is -0.137. The van der Waals surface area contributed by atoms with Crippen molar-refractivity contribution >= 4 is 29.1 Å². The summed E-state index contributed by atoms with van der Waals surface area (Å²) in [6, 6.07) is 8.98. The molecule has 128 valence electrons. The zero-order valence-electron chi connectivity index (χ0n) is 12.2. The number of rotatable bonds is 5. The van der Waals surface area contributed by atoms with E-state index >= 15 is 0 Å². The van der Waals surface area contributed by atoms with Crippen LogP contribution in [0.2, 0.25) is 10.0 Å². The Kier molecular flexibility index (Phi) is 5.96. The van der Waals surface area contributed by atoms with Crippen molar-refractivity contribution in [2.24, 2.45) is 0 Å². The van der Waals surface area contributed by atoms with E-state index in [1.807, 2.05) is 0 Å². The zero-order valence-corrected chi connectivity index (χ0v) is 13.7. The molecule has 0 aliphatic rings. The number of ether oxygens (including phenoxy) is 1. The van der Waals surface area contributed by atoms with Gasteiger partial charge in [0.05, 0.1) is 5.56 Å². The monoisotopic (exact) mass is 377 g/mol. The maximum atomic E-state index is 12.4. The third kappa shape index (κ3) is 5.32. The van der Waals surface area contributed by atoms with Crippen LogP contribution in [0.1, 0.15) is 11.1 Å². The molecule has 2 aromatic carbocycles. The molecule has 24 heavy (non-hydrogen) atoms. The van der Waals surface area contributed by atoms with Gasteiger partial charge in [-0.05, 0) is 42.0 Å². The number of amides is 1. The first-order valence-corrected chi connectivity index (χ1v) is 7.52. The van der Waals surface area contributed by atoms with Crippen LogP contribution >= 0.6 is 23.2 Å². The van der Waals surface area contributed by atoms with Gasteiger partial charge in [0.1, 0.15) is 5.75 Å². The number of alkyl halides is 3. The molecule has 3 nitrogen and oxygen atoms in total. The zero-order chi connectivity index (χ0) is 17.7. The van der Waals surface area contributed by atoms with Gasteiger partial charge >= 0.3 is 6.18 Å². The summed E-state index contributed by atoms with van der Waals surface area (Å²) in [6.45, 7) is -0.137. The SMILES string of the molecule is O=C(COc1ccc(C(F)(F)F)cc1)NCc1ccc(Cl)cc1Cl. The van der Waals surface area contributed by atoms with Crippen molar-refractivity contribution in [3.8, 4) is 5.75 Å². The topological polar surface area (TPSA) is 38.3 Å². The predicted octanol–water partition coefficient (Wildman–Crippen LogP) is 4.71. The van der Waals surface area contributed by atoms with E-state index in [1.54, 1.807) is 18.2 Å². The van der Waals surface area contributed by atoms with Crippen molar-refractivity contribution in [1.82, 2.24) is 5.32 Å². The van der Waals surface area contributed by atoms with Crippen LogP contribution in [0.4, 0.5) is 13.2 Å². The third-order valence-electron chi connectivity index (χ3n) is 3.04. The van der Waals surface area contributed by atoms with Gasteiger partial charge in [-0.2, -0.15) is 13.2 Å². The lowest BCUT2D eigenvalue weighted by Gasteiger charge is -2.10. The average Bonchev–Trinajstić information content (AvgIpc) is 2.51. The highest BCUT2D eigenvalue weighted by molar-refractivity contribution is 6.35. The quantitative estimate of drug-likeness (QED) is 0.819. The van der Waals surface area contributed by atoms with Gasteiger partial charge in [0.25, 0.3) is 5.91 Å². The van der Waals surface area contributed by atoms with Crippen LogP contribution in [0.15, 0.2) is 42.5 Å². The molecule has 8 heteroatoms. The van der Waals surface area contributed by atoms with Gasteiger partial charge in [-0.15, -0.1) is 0 Å². The van der Waals surface area contributed by atoms with Gasteiger partial charge in [0, 0.05) is 16.6 Å². The number of hydrogen-bond donors (Lipinski definition) is 1. The van der Waals surface area contributed by atoms with E-state index in [1.165, 1.54) is 0 Å². The summed E-state index contributed by atoms with van der Waals surface area (Å²) in [6.07, 6.45) is -4.41. The van der Waals surface area contributed by atoms with Crippen LogP contribution in [-0.4, -0.2) is 12.5 Å². The summed E-state index contributed by atoms with van der Waals surface area (Å²) in [5.74, 6) is -0.261. The maximum absolute atomic E-state index is 12.4. The molecule has 0 aliphatic heterocycles. The molecule has 0 saturated heterocycles. The van der Waals surface area contributed by atoms with E-state index in [4.69, 9.17) is 27.9 Å². The molecule has 0 fully saturated rings. The van der Waals surface area contributed by atoms with Crippen LogP contribution in [0.5, 0.6) is 5.75 Å². The smallest absolute Gasteiger partial charge is 0.416 e. The van der Waals surface area contributed by atoms with Crippen molar-refractivity contribution in [2.75, 3.05) is 6.61 Å². The van der Waals surface area contributed by atoms with Crippen molar-refractivity contribution in [3.63, 3.8) is 0 Å². The normalized spacial score (nSPS) is 11.2. The first-order valence-electron chi connectivity index (χ1n) is 6.76. The Labute approximate surface area is 146 Å². The van der Waals surface area contributed by atoms with Crippen molar-refractivity contribution in [1.29, 1.82) is 0 Å². The van der Waals surface area contributed by atoms with Crippen LogP contribution < -0.4 is 10.1 Å². The molecule has 0 heterocycles. The van der Waals surface area contributed by atoms with E-state index in [0.29, 0.717) is 15.6 Å². The van der Waals surface area contributed by atoms with Gasteiger partial charge in [0.15, 0.2) is 6.61 Å². The number of benzene rings is 2. The third-order valence-corrected chi connectivity index (χ3v) is 3.63. The molecule has 0 atom stereocenters. The summed E-state index contributed by atoms with van der Waals surface area (Å²) < 4.78 is 42.4. The molecule has 1 amide bonds. The highest BCUT2D eigenvalue weighted by atomic mass is 35.5. The van der Waals surface area contributed by atoms with E-state index in [9.17, 15) is 18.0 Å². The predicted molar refractivity (Wildman–Crippen MR) is 85.2 cm³/mol. The van der Waals surface area contributed by atoms with E-state index in [-0.39, 0.29) is 18.9 Å². The van der Waals surface area contributed by atoms with Gasteiger partial charge in [-0.3, -0.25) is 4.79 Å². The lowest BCUT2D eigenvalue weighted by atomic mass is 10.2. The van der Waals surface area contributed by atoms with Gasteiger partial charge in [-0.1, -0.05) is 29.3 Å².